The monoisotopic (exact) mass is 446 g/mol. The first-order chi connectivity index (χ1) is 14.3. The van der Waals surface area contributed by atoms with Crippen molar-refractivity contribution in [3.05, 3.63) is 77.3 Å². The van der Waals surface area contributed by atoms with Gasteiger partial charge in [-0.05, 0) is 54.6 Å². The number of benzene rings is 3. The van der Waals surface area contributed by atoms with Crippen LogP contribution in [0.4, 0.5) is 11.4 Å². The molecule has 0 saturated heterocycles. The molecule has 0 heterocycles. The van der Waals surface area contributed by atoms with Gasteiger partial charge in [0.05, 0.1) is 24.8 Å². The molecule has 0 bridgehead atoms. The largest absolute Gasteiger partial charge is 0.497 e. The third-order valence-electron chi connectivity index (χ3n) is 4.16. The van der Waals surface area contributed by atoms with Crippen molar-refractivity contribution in [2.24, 2.45) is 0 Å². The van der Waals surface area contributed by atoms with Crippen LogP contribution in [0.25, 0.3) is 0 Å². The van der Waals surface area contributed by atoms with Gasteiger partial charge in [0.15, 0.2) is 0 Å². The molecule has 156 valence electrons. The van der Waals surface area contributed by atoms with Crippen LogP contribution < -0.4 is 19.5 Å². The molecule has 7 nitrogen and oxygen atoms in total. The van der Waals surface area contributed by atoms with Gasteiger partial charge in [-0.25, -0.2) is 8.42 Å². The summed E-state index contributed by atoms with van der Waals surface area (Å²) in [5, 5.41) is 3.18. The fourth-order valence-corrected chi connectivity index (χ4v) is 3.83. The summed E-state index contributed by atoms with van der Waals surface area (Å²) in [6.45, 7) is 0. The Morgan fingerprint density at radius 2 is 1.67 bits per heavy atom. The Morgan fingerprint density at radius 1 is 0.933 bits per heavy atom. The number of hydrogen-bond acceptors (Lipinski definition) is 5. The van der Waals surface area contributed by atoms with Crippen LogP contribution in [0.3, 0.4) is 0 Å². The molecule has 3 rings (SSSR count). The average Bonchev–Trinajstić information content (AvgIpc) is 2.73. The third kappa shape index (κ3) is 5.03. The number of carbonyl (C=O) groups is 1. The highest BCUT2D eigenvalue weighted by Crippen LogP contribution is 2.29. The van der Waals surface area contributed by atoms with E-state index in [0.717, 1.165) is 0 Å². The second-order valence-corrected chi connectivity index (χ2v) is 8.28. The number of sulfonamides is 1. The fourth-order valence-electron chi connectivity index (χ4n) is 2.66. The van der Waals surface area contributed by atoms with Crippen molar-refractivity contribution >= 4 is 38.9 Å². The van der Waals surface area contributed by atoms with Crippen LogP contribution >= 0.6 is 11.6 Å². The molecule has 0 atom stereocenters. The van der Waals surface area contributed by atoms with Crippen LogP contribution in [0, 0.1) is 0 Å². The first-order valence-electron chi connectivity index (χ1n) is 8.74. The van der Waals surface area contributed by atoms with E-state index in [1.165, 1.54) is 44.6 Å². The lowest BCUT2D eigenvalue weighted by atomic mass is 10.2. The van der Waals surface area contributed by atoms with E-state index >= 15 is 0 Å². The minimum Gasteiger partial charge on any atom is -0.497 e. The third-order valence-corrected chi connectivity index (χ3v) is 5.80. The molecule has 3 aromatic rings. The van der Waals surface area contributed by atoms with E-state index in [9.17, 15) is 13.2 Å². The van der Waals surface area contributed by atoms with Gasteiger partial charge in [0.1, 0.15) is 11.5 Å². The molecule has 0 aromatic heterocycles. The van der Waals surface area contributed by atoms with Gasteiger partial charge in [-0.15, -0.1) is 0 Å². The number of hydrogen-bond donors (Lipinski definition) is 2. The van der Waals surface area contributed by atoms with Gasteiger partial charge in [-0.2, -0.15) is 0 Å². The zero-order valence-electron chi connectivity index (χ0n) is 16.2. The van der Waals surface area contributed by atoms with Crippen LogP contribution in [0.15, 0.2) is 71.6 Å². The van der Waals surface area contributed by atoms with Crippen molar-refractivity contribution in [1.29, 1.82) is 0 Å². The number of nitrogens with one attached hydrogen (secondary N) is 2. The molecule has 2 N–H and O–H groups in total. The van der Waals surface area contributed by atoms with Crippen LogP contribution in [0.1, 0.15) is 10.4 Å². The van der Waals surface area contributed by atoms with E-state index in [0.29, 0.717) is 22.2 Å². The van der Waals surface area contributed by atoms with Gasteiger partial charge < -0.3 is 14.8 Å². The summed E-state index contributed by atoms with van der Waals surface area (Å²) in [5.41, 5.74) is 0.931. The molecule has 0 fully saturated rings. The summed E-state index contributed by atoms with van der Waals surface area (Å²) in [5.74, 6) is 0.577. The van der Waals surface area contributed by atoms with Gasteiger partial charge in [-0.3, -0.25) is 9.52 Å². The lowest BCUT2D eigenvalue weighted by Crippen LogP contribution is -2.15. The molecule has 0 aliphatic heterocycles. The predicted octanol–water partition coefficient (Wildman–Crippen LogP) is 4.41. The fraction of sp³-hybridized carbons (Fsp3) is 0.0952. The molecule has 30 heavy (non-hydrogen) atoms. The highest BCUT2D eigenvalue weighted by molar-refractivity contribution is 7.92. The maximum atomic E-state index is 12.7. The Kier molecular flexibility index (Phi) is 6.49. The Bertz CT molecular complexity index is 1160. The van der Waals surface area contributed by atoms with Crippen molar-refractivity contribution in [2.45, 2.75) is 4.90 Å². The van der Waals surface area contributed by atoms with E-state index in [1.54, 1.807) is 36.4 Å². The molecule has 1 amide bonds. The molecule has 0 aliphatic rings. The molecule has 3 aromatic carbocycles. The first kappa shape index (κ1) is 21.5. The Morgan fingerprint density at radius 3 is 2.33 bits per heavy atom. The summed E-state index contributed by atoms with van der Waals surface area (Å²) >= 11 is 5.81. The number of halogens is 1. The van der Waals surface area contributed by atoms with Gasteiger partial charge >= 0.3 is 0 Å². The molecule has 0 radical (unpaired) electrons. The normalized spacial score (nSPS) is 10.9. The van der Waals surface area contributed by atoms with E-state index < -0.39 is 15.9 Å². The van der Waals surface area contributed by atoms with E-state index in [1.807, 2.05) is 0 Å². The topological polar surface area (TPSA) is 93.7 Å². The predicted molar refractivity (Wildman–Crippen MR) is 116 cm³/mol. The van der Waals surface area contributed by atoms with Crippen molar-refractivity contribution in [1.82, 2.24) is 0 Å². The quantitative estimate of drug-likeness (QED) is 0.560. The summed E-state index contributed by atoms with van der Waals surface area (Å²) in [4.78, 5) is 12.8. The van der Waals surface area contributed by atoms with Gasteiger partial charge in [0.2, 0.25) is 0 Å². The summed E-state index contributed by atoms with van der Waals surface area (Å²) in [7, 11) is -0.821. The summed E-state index contributed by atoms with van der Waals surface area (Å²) in [6.07, 6.45) is 0. The minimum atomic E-state index is -3.83. The number of methoxy groups -OCH3 is 2. The first-order valence-corrected chi connectivity index (χ1v) is 10.6. The van der Waals surface area contributed by atoms with Crippen LogP contribution in [0.2, 0.25) is 5.02 Å². The molecule has 0 saturated carbocycles. The number of amides is 1. The Hall–Kier alpha value is -3.23. The number of anilines is 2. The maximum Gasteiger partial charge on any atom is 0.261 e. The van der Waals surface area contributed by atoms with E-state index in [4.69, 9.17) is 21.1 Å². The van der Waals surface area contributed by atoms with Crippen LogP contribution in [0.5, 0.6) is 11.5 Å². The molecule has 0 aliphatic carbocycles. The maximum absolute atomic E-state index is 12.7. The van der Waals surface area contributed by atoms with Gasteiger partial charge in [-0.1, -0.05) is 17.7 Å². The zero-order valence-corrected chi connectivity index (χ0v) is 17.8. The number of ether oxygens (including phenoxy) is 2. The second kappa shape index (κ2) is 9.06. The zero-order chi connectivity index (χ0) is 21.7. The van der Waals surface area contributed by atoms with Crippen LogP contribution in [-0.4, -0.2) is 28.5 Å². The van der Waals surface area contributed by atoms with Crippen molar-refractivity contribution in [3.63, 3.8) is 0 Å². The Labute approximate surface area is 179 Å². The highest BCUT2D eigenvalue weighted by Gasteiger charge is 2.16. The number of carbonyl (C=O) groups excluding carboxylic acids is 1. The van der Waals surface area contributed by atoms with Crippen molar-refractivity contribution in [3.8, 4) is 11.5 Å². The second-order valence-electron chi connectivity index (χ2n) is 6.16. The molecule has 0 unspecified atom stereocenters. The van der Waals surface area contributed by atoms with Crippen molar-refractivity contribution in [2.75, 3.05) is 24.3 Å². The molecule has 0 spiro atoms. The molecule has 9 heteroatoms. The standard InChI is InChI=1S/C21H19ClN2O5S/c1-28-17-8-11-20(29-2)19(13-17)23-21(25)14-4-3-5-16(12-14)24-30(26,27)18-9-6-15(22)7-10-18/h3-13,24H,1-2H3,(H,23,25). The molecular formula is C21H19ClN2O5S. The van der Waals surface area contributed by atoms with Gasteiger partial charge in [0.25, 0.3) is 15.9 Å². The SMILES string of the molecule is COc1ccc(OC)c(NC(=O)c2cccc(NS(=O)(=O)c3ccc(Cl)cc3)c2)c1. The average molecular weight is 447 g/mol. The van der Waals surface area contributed by atoms with E-state index in [2.05, 4.69) is 10.0 Å². The lowest BCUT2D eigenvalue weighted by Gasteiger charge is -2.13. The lowest BCUT2D eigenvalue weighted by molar-refractivity contribution is 0.102. The van der Waals surface area contributed by atoms with Crippen LogP contribution in [-0.2, 0) is 10.0 Å². The number of rotatable bonds is 7. The Balaban J connectivity index is 1.81. The van der Waals surface area contributed by atoms with Gasteiger partial charge in [0, 0.05) is 22.3 Å². The van der Waals surface area contributed by atoms with Crippen molar-refractivity contribution < 1.29 is 22.7 Å². The highest BCUT2D eigenvalue weighted by atomic mass is 35.5. The smallest absolute Gasteiger partial charge is 0.261 e. The summed E-state index contributed by atoms with van der Waals surface area (Å²) < 4.78 is 38.0. The minimum absolute atomic E-state index is 0.0582. The summed E-state index contributed by atoms with van der Waals surface area (Å²) in [6, 6.07) is 16.9. The molecular weight excluding hydrogens is 428 g/mol. The van der Waals surface area contributed by atoms with E-state index in [-0.39, 0.29) is 16.1 Å².